The number of ether oxygens (including phenoxy) is 1. The minimum absolute atomic E-state index is 0.116. The molecule has 0 fully saturated rings. The molecular weight excluding hydrogens is 226 g/mol. The third kappa shape index (κ3) is 4.79. The van der Waals surface area contributed by atoms with Gasteiger partial charge in [0.15, 0.2) is 0 Å². The van der Waals surface area contributed by atoms with Crippen molar-refractivity contribution in [2.75, 3.05) is 45.7 Å². The van der Waals surface area contributed by atoms with Crippen LogP contribution >= 0.6 is 0 Å². The van der Waals surface area contributed by atoms with E-state index >= 15 is 0 Å². The Balaban J connectivity index is 2.35. The van der Waals surface area contributed by atoms with Crippen molar-refractivity contribution in [3.8, 4) is 0 Å². The van der Waals surface area contributed by atoms with E-state index in [4.69, 9.17) is 4.74 Å². The Bertz CT molecular complexity index is 441. The van der Waals surface area contributed by atoms with E-state index in [1.54, 1.807) is 7.11 Å². The number of likely N-dealkylation sites (N-methyl/N-ethyl adjacent to an activating group) is 1. The SMILES string of the molecule is COCCN(C)CCNc1n[nH]c(=O)[nH]c1=O. The first kappa shape index (κ1) is 13.4. The van der Waals surface area contributed by atoms with Crippen molar-refractivity contribution < 1.29 is 4.74 Å². The number of methoxy groups -OCH3 is 1. The lowest BCUT2D eigenvalue weighted by atomic mass is 10.5. The Labute approximate surface area is 98.0 Å². The van der Waals surface area contributed by atoms with E-state index in [0.29, 0.717) is 13.2 Å². The van der Waals surface area contributed by atoms with Crippen LogP contribution in [0.3, 0.4) is 0 Å². The first-order valence-corrected chi connectivity index (χ1v) is 5.24. The van der Waals surface area contributed by atoms with E-state index in [0.717, 1.165) is 13.1 Å². The summed E-state index contributed by atoms with van der Waals surface area (Å²) in [6.07, 6.45) is 0. The normalized spacial score (nSPS) is 10.8. The summed E-state index contributed by atoms with van der Waals surface area (Å²) in [7, 11) is 3.60. The number of rotatable bonds is 7. The van der Waals surface area contributed by atoms with Crippen molar-refractivity contribution >= 4 is 5.82 Å². The molecule has 0 aromatic carbocycles. The number of aromatic amines is 2. The number of H-pyrrole nitrogens is 2. The Morgan fingerprint density at radius 3 is 2.82 bits per heavy atom. The highest BCUT2D eigenvalue weighted by atomic mass is 16.5. The van der Waals surface area contributed by atoms with Gasteiger partial charge in [-0.2, -0.15) is 0 Å². The van der Waals surface area contributed by atoms with E-state index < -0.39 is 11.2 Å². The molecule has 0 radical (unpaired) electrons. The maximum absolute atomic E-state index is 11.3. The summed E-state index contributed by atoms with van der Waals surface area (Å²) in [5.74, 6) is 0.116. The van der Waals surface area contributed by atoms with Crippen LogP contribution in [0.4, 0.5) is 5.82 Å². The van der Waals surface area contributed by atoms with Gasteiger partial charge in [-0.25, -0.2) is 9.89 Å². The highest BCUT2D eigenvalue weighted by Gasteiger charge is 2.02. The van der Waals surface area contributed by atoms with Gasteiger partial charge < -0.3 is 15.0 Å². The molecule has 0 aliphatic carbocycles. The molecule has 17 heavy (non-hydrogen) atoms. The predicted molar refractivity (Wildman–Crippen MR) is 63.3 cm³/mol. The second-order valence-electron chi connectivity index (χ2n) is 3.58. The Morgan fingerprint density at radius 2 is 2.18 bits per heavy atom. The zero-order valence-corrected chi connectivity index (χ0v) is 9.95. The summed E-state index contributed by atoms with van der Waals surface area (Å²) < 4.78 is 4.94. The summed E-state index contributed by atoms with van der Waals surface area (Å²) in [6, 6.07) is 0. The number of hydrogen-bond donors (Lipinski definition) is 3. The van der Waals surface area contributed by atoms with Crippen LogP contribution in [0.15, 0.2) is 9.59 Å². The molecule has 1 aromatic heterocycles. The maximum Gasteiger partial charge on any atom is 0.342 e. The topological polar surface area (TPSA) is 103 Å². The van der Waals surface area contributed by atoms with Crippen molar-refractivity contribution in [3.05, 3.63) is 20.8 Å². The van der Waals surface area contributed by atoms with E-state index in [1.165, 1.54) is 0 Å². The summed E-state index contributed by atoms with van der Waals surface area (Å²) in [6.45, 7) is 2.77. The molecule has 0 saturated carbocycles. The van der Waals surface area contributed by atoms with E-state index in [2.05, 4.69) is 25.4 Å². The highest BCUT2D eigenvalue weighted by Crippen LogP contribution is 1.87. The molecule has 8 nitrogen and oxygen atoms in total. The lowest BCUT2D eigenvalue weighted by Crippen LogP contribution is -2.31. The summed E-state index contributed by atoms with van der Waals surface area (Å²) in [5, 5.41) is 8.60. The lowest BCUT2D eigenvalue weighted by Gasteiger charge is -2.15. The van der Waals surface area contributed by atoms with Gasteiger partial charge in [0.2, 0.25) is 5.82 Å². The average molecular weight is 243 g/mol. The molecule has 0 amide bonds. The predicted octanol–water partition coefficient (Wildman–Crippen LogP) is -1.55. The summed E-state index contributed by atoms with van der Waals surface area (Å²) >= 11 is 0. The smallest absolute Gasteiger partial charge is 0.342 e. The minimum Gasteiger partial charge on any atom is -0.383 e. The van der Waals surface area contributed by atoms with Crippen LogP contribution in [0.25, 0.3) is 0 Å². The molecular formula is C9H17N5O3. The Hall–Kier alpha value is -1.67. The van der Waals surface area contributed by atoms with Crippen LogP contribution in [0.1, 0.15) is 0 Å². The Kier molecular flexibility index (Phi) is 5.37. The molecule has 1 rings (SSSR count). The molecule has 96 valence electrons. The Morgan fingerprint density at radius 1 is 1.41 bits per heavy atom. The first-order chi connectivity index (χ1) is 8.13. The molecule has 0 saturated heterocycles. The van der Waals surface area contributed by atoms with Crippen molar-refractivity contribution in [3.63, 3.8) is 0 Å². The van der Waals surface area contributed by atoms with Crippen molar-refractivity contribution in [2.45, 2.75) is 0 Å². The van der Waals surface area contributed by atoms with E-state index in [-0.39, 0.29) is 5.82 Å². The molecule has 0 atom stereocenters. The number of nitrogens with zero attached hydrogens (tertiary/aromatic N) is 2. The van der Waals surface area contributed by atoms with Crippen LogP contribution in [-0.4, -0.2) is 60.5 Å². The number of anilines is 1. The molecule has 8 heteroatoms. The lowest BCUT2D eigenvalue weighted by molar-refractivity contribution is 0.163. The largest absolute Gasteiger partial charge is 0.383 e. The van der Waals surface area contributed by atoms with Crippen LogP contribution in [0.2, 0.25) is 0 Å². The van der Waals surface area contributed by atoms with Crippen LogP contribution in [0.5, 0.6) is 0 Å². The molecule has 0 bridgehead atoms. The number of hydrogen-bond acceptors (Lipinski definition) is 6. The first-order valence-electron chi connectivity index (χ1n) is 5.24. The second-order valence-corrected chi connectivity index (χ2v) is 3.58. The molecule has 3 N–H and O–H groups in total. The highest BCUT2D eigenvalue weighted by molar-refractivity contribution is 5.28. The zero-order valence-electron chi connectivity index (χ0n) is 9.95. The van der Waals surface area contributed by atoms with Gasteiger partial charge in [-0.3, -0.25) is 9.78 Å². The van der Waals surface area contributed by atoms with Gasteiger partial charge in [0.25, 0.3) is 5.56 Å². The van der Waals surface area contributed by atoms with Gasteiger partial charge >= 0.3 is 5.69 Å². The average Bonchev–Trinajstić information content (AvgIpc) is 2.29. The zero-order chi connectivity index (χ0) is 12.7. The fourth-order valence-electron chi connectivity index (χ4n) is 1.19. The fourth-order valence-corrected chi connectivity index (χ4v) is 1.19. The van der Waals surface area contributed by atoms with Crippen molar-refractivity contribution in [1.82, 2.24) is 20.1 Å². The molecule has 1 heterocycles. The molecule has 1 aromatic rings. The van der Waals surface area contributed by atoms with Crippen molar-refractivity contribution in [1.29, 1.82) is 0 Å². The summed E-state index contributed by atoms with van der Waals surface area (Å²) in [4.78, 5) is 26.1. The van der Waals surface area contributed by atoms with Gasteiger partial charge in [-0.05, 0) is 7.05 Å². The van der Waals surface area contributed by atoms with E-state index in [9.17, 15) is 9.59 Å². The van der Waals surface area contributed by atoms with Crippen LogP contribution in [-0.2, 0) is 4.74 Å². The third-order valence-electron chi connectivity index (χ3n) is 2.17. The van der Waals surface area contributed by atoms with Gasteiger partial charge in [0.05, 0.1) is 6.61 Å². The minimum atomic E-state index is -0.613. The van der Waals surface area contributed by atoms with Gasteiger partial charge in [0.1, 0.15) is 0 Å². The maximum atomic E-state index is 11.3. The van der Waals surface area contributed by atoms with Gasteiger partial charge in [-0.1, -0.05) is 0 Å². The molecule has 0 spiro atoms. The number of nitrogens with one attached hydrogen (secondary N) is 3. The number of aromatic nitrogens is 3. The fraction of sp³-hybridized carbons (Fsp3) is 0.667. The van der Waals surface area contributed by atoms with Crippen LogP contribution in [0, 0.1) is 0 Å². The second kappa shape index (κ2) is 6.81. The quantitative estimate of drug-likeness (QED) is 0.535. The van der Waals surface area contributed by atoms with Gasteiger partial charge in [0, 0.05) is 26.7 Å². The molecule has 0 aliphatic heterocycles. The van der Waals surface area contributed by atoms with E-state index in [1.807, 2.05) is 7.05 Å². The summed E-state index contributed by atoms with van der Waals surface area (Å²) in [5.41, 5.74) is -1.13. The van der Waals surface area contributed by atoms with Gasteiger partial charge in [-0.15, -0.1) is 5.10 Å². The molecule has 0 unspecified atom stereocenters. The monoisotopic (exact) mass is 243 g/mol. The van der Waals surface area contributed by atoms with Crippen LogP contribution < -0.4 is 16.6 Å². The molecule has 0 aliphatic rings. The standard InChI is InChI=1S/C9H17N5O3/c1-14(5-6-17-2)4-3-10-7-8(15)11-9(16)13-12-7/h3-6H2,1-2H3,(H,10,12)(H2,11,13,15,16). The van der Waals surface area contributed by atoms with Crippen molar-refractivity contribution in [2.24, 2.45) is 0 Å². The third-order valence-corrected chi connectivity index (χ3v) is 2.17.